The van der Waals surface area contributed by atoms with Crippen LogP contribution in [0.4, 0.5) is 5.82 Å². The molecule has 7 nitrogen and oxygen atoms in total. The molecule has 1 aromatic carbocycles. The highest BCUT2D eigenvalue weighted by molar-refractivity contribution is 6.03. The number of benzene rings is 1. The van der Waals surface area contributed by atoms with E-state index in [1.807, 2.05) is 6.07 Å². The van der Waals surface area contributed by atoms with E-state index >= 15 is 0 Å². The fourth-order valence-corrected chi connectivity index (χ4v) is 2.45. The lowest BCUT2D eigenvalue weighted by Crippen LogP contribution is -2.28. The van der Waals surface area contributed by atoms with Crippen molar-refractivity contribution in [3.8, 4) is 0 Å². The summed E-state index contributed by atoms with van der Waals surface area (Å²) in [6.45, 7) is 1.75. The monoisotopic (exact) mass is 315 g/mol. The van der Waals surface area contributed by atoms with Gasteiger partial charge in [-0.15, -0.1) is 0 Å². The Kier molecular flexibility index (Phi) is 4.22. The lowest BCUT2D eigenvalue weighted by atomic mass is 10.2. The van der Waals surface area contributed by atoms with E-state index in [0.717, 1.165) is 0 Å². The minimum absolute atomic E-state index is 0.173. The van der Waals surface area contributed by atoms with Gasteiger partial charge in [0.15, 0.2) is 0 Å². The van der Waals surface area contributed by atoms with E-state index in [9.17, 15) is 14.7 Å². The Morgan fingerprint density at radius 2 is 2.09 bits per heavy atom. The number of amides is 1. The van der Waals surface area contributed by atoms with Crippen LogP contribution in [0.25, 0.3) is 0 Å². The van der Waals surface area contributed by atoms with E-state index in [4.69, 9.17) is 4.74 Å². The van der Waals surface area contributed by atoms with Gasteiger partial charge >= 0.3 is 5.69 Å². The Bertz CT molecular complexity index is 749. The number of nitrogens with one attached hydrogen (secondary N) is 1. The zero-order valence-corrected chi connectivity index (χ0v) is 12.5. The van der Waals surface area contributed by atoms with Gasteiger partial charge in [-0.05, 0) is 25.1 Å². The van der Waals surface area contributed by atoms with Crippen molar-refractivity contribution in [1.82, 2.24) is 9.55 Å². The van der Waals surface area contributed by atoms with E-state index in [2.05, 4.69) is 10.3 Å². The Morgan fingerprint density at radius 3 is 2.70 bits per heavy atom. The fourth-order valence-electron chi connectivity index (χ4n) is 2.45. The van der Waals surface area contributed by atoms with Crippen LogP contribution in [-0.2, 0) is 4.74 Å². The Hall–Kier alpha value is -2.51. The van der Waals surface area contributed by atoms with Crippen molar-refractivity contribution in [2.75, 3.05) is 5.32 Å². The van der Waals surface area contributed by atoms with Gasteiger partial charge in [-0.25, -0.2) is 4.79 Å². The number of rotatable bonds is 3. The van der Waals surface area contributed by atoms with Crippen LogP contribution in [0.3, 0.4) is 0 Å². The van der Waals surface area contributed by atoms with Crippen LogP contribution in [0.1, 0.15) is 29.9 Å². The number of carbonyl (C=O) groups is 1. The summed E-state index contributed by atoms with van der Waals surface area (Å²) in [5.74, 6) is -0.164. The zero-order chi connectivity index (χ0) is 16.4. The first-order valence-corrected chi connectivity index (χ1v) is 7.33. The summed E-state index contributed by atoms with van der Waals surface area (Å²) in [6.07, 6.45) is 0.358. The molecule has 2 heterocycles. The number of aromatic nitrogens is 2. The molecule has 1 aromatic heterocycles. The van der Waals surface area contributed by atoms with E-state index in [1.54, 1.807) is 31.2 Å². The van der Waals surface area contributed by atoms with Crippen LogP contribution < -0.4 is 11.0 Å². The molecule has 1 fully saturated rings. The first kappa shape index (κ1) is 15.4. The second-order valence-corrected chi connectivity index (χ2v) is 5.42. The molecule has 1 saturated heterocycles. The zero-order valence-electron chi connectivity index (χ0n) is 12.5. The third-order valence-electron chi connectivity index (χ3n) is 3.77. The second kappa shape index (κ2) is 6.31. The van der Waals surface area contributed by atoms with Crippen molar-refractivity contribution < 1.29 is 14.6 Å². The van der Waals surface area contributed by atoms with Crippen molar-refractivity contribution in [2.45, 2.75) is 31.8 Å². The summed E-state index contributed by atoms with van der Waals surface area (Å²) in [4.78, 5) is 28.0. The van der Waals surface area contributed by atoms with Crippen LogP contribution in [0.15, 0.2) is 47.4 Å². The number of aliphatic hydroxyl groups excluding tert-OH is 1. The van der Waals surface area contributed by atoms with E-state index in [0.29, 0.717) is 12.0 Å². The second-order valence-electron chi connectivity index (χ2n) is 5.42. The summed E-state index contributed by atoms with van der Waals surface area (Å²) in [6, 6.07) is 10.2. The van der Waals surface area contributed by atoms with Gasteiger partial charge in [0.25, 0.3) is 5.91 Å². The van der Waals surface area contributed by atoms with Crippen molar-refractivity contribution in [3.05, 3.63) is 58.6 Å². The highest BCUT2D eigenvalue weighted by atomic mass is 16.5. The number of hydrogen-bond donors (Lipinski definition) is 2. The first-order chi connectivity index (χ1) is 11.0. The smallest absolute Gasteiger partial charge is 0.351 e. The fraction of sp³-hybridized carbons (Fsp3) is 0.312. The molecule has 1 amide bonds. The number of nitrogens with zero attached hydrogens (tertiary/aromatic N) is 2. The normalized spacial score (nSPS) is 23.7. The van der Waals surface area contributed by atoms with Crippen LogP contribution in [-0.4, -0.2) is 32.8 Å². The van der Waals surface area contributed by atoms with Gasteiger partial charge in [-0.1, -0.05) is 18.2 Å². The van der Waals surface area contributed by atoms with Crippen molar-refractivity contribution in [3.63, 3.8) is 0 Å². The van der Waals surface area contributed by atoms with E-state index < -0.39 is 18.0 Å². The molecule has 2 N–H and O–H groups in total. The topological polar surface area (TPSA) is 93.5 Å². The number of ether oxygens (including phenoxy) is 1. The predicted octanol–water partition coefficient (Wildman–Crippen LogP) is 1.16. The molecule has 23 heavy (non-hydrogen) atoms. The predicted molar refractivity (Wildman–Crippen MR) is 83.1 cm³/mol. The lowest BCUT2D eigenvalue weighted by molar-refractivity contribution is -0.0100. The molecule has 3 rings (SSSR count). The van der Waals surface area contributed by atoms with Gasteiger partial charge in [0.05, 0.1) is 12.2 Å². The van der Waals surface area contributed by atoms with E-state index in [1.165, 1.54) is 16.8 Å². The van der Waals surface area contributed by atoms with Crippen LogP contribution in [0.2, 0.25) is 0 Å². The van der Waals surface area contributed by atoms with Crippen LogP contribution in [0, 0.1) is 0 Å². The van der Waals surface area contributed by atoms with Gasteiger partial charge in [-0.2, -0.15) is 4.98 Å². The minimum atomic E-state index is -0.607. The molecule has 0 aliphatic carbocycles. The number of carbonyl (C=O) groups excluding carboxylic acids is 1. The third kappa shape index (κ3) is 3.30. The Balaban J connectivity index is 1.75. The largest absolute Gasteiger partial charge is 0.390 e. The molecule has 0 bridgehead atoms. The summed E-state index contributed by atoms with van der Waals surface area (Å²) in [5.41, 5.74) is -0.0586. The molecular weight excluding hydrogens is 298 g/mol. The van der Waals surface area contributed by atoms with Gasteiger partial charge in [-0.3, -0.25) is 9.36 Å². The molecule has 2 aromatic rings. The molecule has 0 spiro atoms. The minimum Gasteiger partial charge on any atom is -0.390 e. The van der Waals surface area contributed by atoms with Gasteiger partial charge in [0.2, 0.25) is 0 Å². The van der Waals surface area contributed by atoms with Crippen molar-refractivity contribution >= 4 is 11.7 Å². The third-order valence-corrected chi connectivity index (χ3v) is 3.77. The van der Waals surface area contributed by atoms with Crippen molar-refractivity contribution in [1.29, 1.82) is 0 Å². The number of aliphatic hydroxyl groups is 1. The highest BCUT2D eigenvalue weighted by Crippen LogP contribution is 2.27. The standard InChI is InChI=1S/C16H17N3O4/c1-10-12(20)9-14(23-10)19-8-7-13(18-16(19)22)17-15(21)11-5-3-2-4-6-11/h2-8,10,12,14,20H,9H2,1H3,(H,17,18,21,22)/t10-,12+,14-/m1/s1. The maximum Gasteiger partial charge on any atom is 0.351 e. The maximum atomic E-state index is 12.1. The summed E-state index contributed by atoms with van der Waals surface area (Å²) >= 11 is 0. The van der Waals surface area contributed by atoms with Gasteiger partial charge < -0.3 is 15.2 Å². The summed E-state index contributed by atoms with van der Waals surface area (Å²) in [7, 11) is 0. The Morgan fingerprint density at radius 1 is 1.35 bits per heavy atom. The molecule has 120 valence electrons. The molecule has 0 radical (unpaired) electrons. The number of anilines is 1. The first-order valence-electron chi connectivity index (χ1n) is 7.33. The SMILES string of the molecule is C[C@H]1O[C@@H](n2ccc(NC(=O)c3ccccc3)nc2=O)C[C@@H]1O. The molecule has 3 atom stereocenters. The van der Waals surface area contributed by atoms with Crippen LogP contribution in [0.5, 0.6) is 0 Å². The molecule has 0 saturated carbocycles. The Labute approximate surface area is 132 Å². The molecule has 0 unspecified atom stereocenters. The summed E-state index contributed by atoms with van der Waals surface area (Å²) in [5, 5.41) is 12.3. The average Bonchev–Trinajstić information content (AvgIpc) is 2.87. The molecule has 7 heteroatoms. The number of hydrogen-bond acceptors (Lipinski definition) is 5. The van der Waals surface area contributed by atoms with Gasteiger partial charge in [0.1, 0.15) is 12.0 Å². The summed E-state index contributed by atoms with van der Waals surface area (Å²) < 4.78 is 6.83. The highest BCUT2D eigenvalue weighted by Gasteiger charge is 2.32. The molecule has 1 aliphatic rings. The molecular formula is C16H17N3O4. The quantitative estimate of drug-likeness (QED) is 0.886. The van der Waals surface area contributed by atoms with E-state index in [-0.39, 0.29) is 17.8 Å². The maximum absolute atomic E-state index is 12.1. The molecule has 1 aliphatic heterocycles. The van der Waals surface area contributed by atoms with Crippen LogP contribution >= 0.6 is 0 Å². The van der Waals surface area contributed by atoms with Gasteiger partial charge in [0, 0.05) is 18.2 Å². The lowest BCUT2D eigenvalue weighted by Gasteiger charge is -2.13. The van der Waals surface area contributed by atoms with Crippen molar-refractivity contribution in [2.24, 2.45) is 0 Å². The average molecular weight is 315 g/mol.